The predicted molar refractivity (Wildman–Crippen MR) is 70.4 cm³/mol. The average Bonchev–Trinajstić information content (AvgIpc) is 2.29. The molecule has 0 aliphatic heterocycles. The standard InChI is InChI=1S/C14H26O4/c1-4-7-8-9-12(15)10-13(17-5-2)11-14(16)18-6-3/h13H,4-11H2,1-3H3. The number of unbranched alkanes of at least 4 members (excludes halogenated alkanes) is 2. The lowest BCUT2D eigenvalue weighted by Crippen LogP contribution is -2.22. The molecule has 0 saturated carbocycles. The van der Waals surface area contributed by atoms with E-state index >= 15 is 0 Å². The van der Waals surface area contributed by atoms with Gasteiger partial charge in [-0.3, -0.25) is 9.59 Å². The van der Waals surface area contributed by atoms with Gasteiger partial charge in [0.15, 0.2) is 0 Å². The van der Waals surface area contributed by atoms with Crippen LogP contribution in [0.3, 0.4) is 0 Å². The van der Waals surface area contributed by atoms with Gasteiger partial charge in [0.1, 0.15) is 5.78 Å². The van der Waals surface area contributed by atoms with Crippen LogP contribution >= 0.6 is 0 Å². The zero-order valence-electron chi connectivity index (χ0n) is 11.9. The van der Waals surface area contributed by atoms with Gasteiger partial charge in [-0.05, 0) is 20.3 Å². The van der Waals surface area contributed by atoms with Crippen LogP contribution in [0, 0.1) is 0 Å². The molecule has 0 aliphatic rings. The van der Waals surface area contributed by atoms with Crippen molar-refractivity contribution in [2.75, 3.05) is 13.2 Å². The molecule has 0 saturated heterocycles. The summed E-state index contributed by atoms with van der Waals surface area (Å²) in [6.45, 7) is 6.60. The van der Waals surface area contributed by atoms with Crippen LogP contribution in [0.25, 0.3) is 0 Å². The fraction of sp³-hybridized carbons (Fsp3) is 0.857. The van der Waals surface area contributed by atoms with Gasteiger partial charge in [0.2, 0.25) is 0 Å². The first-order chi connectivity index (χ1) is 8.63. The van der Waals surface area contributed by atoms with Gasteiger partial charge in [-0.15, -0.1) is 0 Å². The monoisotopic (exact) mass is 258 g/mol. The van der Waals surface area contributed by atoms with Gasteiger partial charge in [0, 0.05) is 19.4 Å². The van der Waals surface area contributed by atoms with Crippen molar-refractivity contribution in [1.82, 2.24) is 0 Å². The number of rotatable bonds is 11. The van der Waals surface area contributed by atoms with Crippen molar-refractivity contribution in [3.8, 4) is 0 Å². The Hall–Kier alpha value is -0.900. The van der Waals surface area contributed by atoms with E-state index in [-0.39, 0.29) is 24.3 Å². The SMILES string of the molecule is CCCCCC(=O)CC(CC(=O)OCC)OCC. The van der Waals surface area contributed by atoms with Gasteiger partial charge in [0.25, 0.3) is 0 Å². The highest BCUT2D eigenvalue weighted by molar-refractivity contribution is 5.80. The minimum Gasteiger partial charge on any atom is -0.466 e. The summed E-state index contributed by atoms with van der Waals surface area (Å²) < 4.78 is 10.3. The quantitative estimate of drug-likeness (QED) is 0.422. The highest BCUT2D eigenvalue weighted by Crippen LogP contribution is 2.10. The third-order valence-electron chi connectivity index (χ3n) is 2.62. The van der Waals surface area contributed by atoms with Gasteiger partial charge in [-0.1, -0.05) is 19.8 Å². The Morgan fingerprint density at radius 3 is 2.28 bits per heavy atom. The first-order valence-corrected chi connectivity index (χ1v) is 6.92. The minimum atomic E-state index is -0.330. The summed E-state index contributed by atoms with van der Waals surface area (Å²) in [6.07, 6.45) is 3.84. The predicted octanol–water partition coefficient (Wildman–Crippen LogP) is 2.88. The topological polar surface area (TPSA) is 52.6 Å². The lowest BCUT2D eigenvalue weighted by atomic mass is 10.0. The molecule has 0 fully saturated rings. The fourth-order valence-electron chi connectivity index (χ4n) is 1.76. The molecular formula is C14H26O4. The number of Topliss-reactive ketones (excluding diaryl/α,β-unsaturated/α-hetero) is 1. The molecule has 18 heavy (non-hydrogen) atoms. The van der Waals surface area contributed by atoms with E-state index in [4.69, 9.17) is 9.47 Å². The Labute approximate surface area is 110 Å². The lowest BCUT2D eigenvalue weighted by molar-refractivity contribution is -0.146. The van der Waals surface area contributed by atoms with Gasteiger partial charge in [0.05, 0.1) is 19.1 Å². The highest BCUT2D eigenvalue weighted by Gasteiger charge is 2.18. The van der Waals surface area contributed by atoms with Crippen molar-refractivity contribution in [3.63, 3.8) is 0 Å². The first-order valence-electron chi connectivity index (χ1n) is 6.92. The Balaban J connectivity index is 4.01. The van der Waals surface area contributed by atoms with E-state index in [1.807, 2.05) is 6.92 Å². The van der Waals surface area contributed by atoms with E-state index in [1.165, 1.54) is 0 Å². The molecule has 106 valence electrons. The van der Waals surface area contributed by atoms with Crippen LogP contribution in [0.5, 0.6) is 0 Å². The summed E-state index contributed by atoms with van der Waals surface area (Å²) >= 11 is 0. The van der Waals surface area contributed by atoms with E-state index in [0.717, 1.165) is 19.3 Å². The van der Waals surface area contributed by atoms with E-state index < -0.39 is 0 Å². The number of hydrogen-bond acceptors (Lipinski definition) is 4. The summed E-state index contributed by atoms with van der Waals surface area (Å²) in [5.74, 6) is -0.122. The molecule has 0 aromatic rings. The third-order valence-corrected chi connectivity index (χ3v) is 2.62. The van der Waals surface area contributed by atoms with Crippen LogP contribution < -0.4 is 0 Å². The molecule has 0 radical (unpaired) electrons. The molecule has 0 spiro atoms. The van der Waals surface area contributed by atoms with Gasteiger partial charge in [-0.2, -0.15) is 0 Å². The van der Waals surface area contributed by atoms with E-state index in [9.17, 15) is 9.59 Å². The van der Waals surface area contributed by atoms with Gasteiger partial charge < -0.3 is 9.47 Å². The maximum Gasteiger partial charge on any atom is 0.308 e. The smallest absolute Gasteiger partial charge is 0.308 e. The Morgan fingerprint density at radius 1 is 1.00 bits per heavy atom. The summed E-state index contributed by atoms with van der Waals surface area (Å²) in [5, 5.41) is 0. The van der Waals surface area contributed by atoms with E-state index in [1.54, 1.807) is 6.92 Å². The Morgan fingerprint density at radius 2 is 1.72 bits per heavy atom. The Bertz CT molecular complexity index is 238. The number of ketones is 1. The van der Waals surface area contributed by atoms with Gasteiger partial charge in [-0.25, -0.2) is 0 Å². The van der Waals surface area contributed by atoms with Crippen LogP contribution in [0.15, 0.2) is 0 Å². The van der Waals surface area contributed by atoms with Crippen LogP contribution in [0.2, 0.25) is 0 Å². The fourth-order valence-corrected chi connectivity index (χ4v) is 1.76. The van der Waals surface area contributed by atoms with Crippen LogP contribution in [-0.4, -0.2) is 31.1 Å². The zero-order valence-corrected chi connectivity index (χ0v) is 11.9. The molecule has 1 unspecified atom stereocenters. The molecule has 0 aliphatic carbocycles. The number of carbonyl (C=O) groups excluding carboxylic acids is 2. The molecule has 0 aromatic heterocycles. The maximum atomic E-state index is 11.7. The first kappa shape index (κ1) is 17.1. The second kappa shape index (κ2) is 11.2. The number of carbonyl (C=O) groups is 2. The van der Waals surface area contributed by atoms with E-state index in [0.29, 0.717) is 26.1 Å². The average molecular weight is 258 g/mol. The van der Waals surface area contributed by atoms with Gasteiger partial charge >= 0.3 is 5.97 Å². The lowest BCUT2D eigenvalue weighted by Gasteiger charge is -2.15. The van der Waals surface area contributed by atoms with Crippen LogP contribution in [-0.2, 0) is 19.1 Å². The van der Waals surface area contributed by atoms with Crippen molar-refractivity contribution in [1.29, 1.82) is 0 Å². The number of hydrogen-bond donors (Lipinski definition) is 0. The van der Waals surface area contributed by atoms with Crippen molar-refractivity contribution in [2.24, 2.45) is 0 Å². The zero-order chi connectivity index (χ0) is 13.8. The normalized spacial score (nSPS) is 12.2. The Kier molecular flexibility index (Phi) is 10.6. The van der Waals surface area contributed by atoms with Crippen LogP contribution in [0.4, 0.5) is 0 Å². The summed E-state index contributed by atoms with van der Waals surface area (Å²) in [6, 6.07) is 0. The van der Waals surface area contributed by atoms with Crippen LogP contribution in [0.1, 0.15) is 59.3 Å². The molecule has 4 nitrogen and oxygen atoms in total. The van der Waals surface area contributed by atoms with Crippen molar-refractivity contribution >= 4 is 11.8 Å². The molecular weight excluding hydrogens is 232 g/mol. The molecule has 0 N–H and O–H groups in total. The molecule has 0 rings (SSSR count). The van der Waals surface area contributed by atoms with Crippen molar-refractivity contribution in [2.45, 2.75) is 65.4 Å². The molecule has 0 amide bonds. The summed E-state index contributed by atoms with van der Waals surface area (Å²) in [5.41, 5.74) is 0. The maximum absolute atomic E-state index is 11.7. The number of esters is 1. The second-order valence-corrected chi connectivity index (χ2v) is 4.29. The largest absolute Gasteiger partial charge is 0.466 e. The second-order valence-electron chi connectivity index (χ2n) is 4.29. The molecule has 1 atom stereocenters. The minimum absolute atomic E-state index is 0.168. The molecule has 0 heterocycles. The summed E-state index contributed by atoms with van der Waals surface area (Å²) in [4.78, 5) is 23.1. The van der Waals surface area contributed by atoms with Crippen molar-refractivity contribution in [3.05, 3.63) is 0 Å². The molecule has 4 heteroatoms. The highest BCUT2D eigenvalue weighted by atomic mass is 16.5. The third kappa shape index (κ3) is 9.16. The number of ether oxygens (including phenoxy) is 2. The van der Waals surface area contributed by atoms with E-state index in [2.05, 4.69) is 6.92 Å². The van der Waals surface area contributed by atoms with Crippen molar-refractivity contribution < 1.29 is 19.1 Å². The summed E-state index contributed by atoms with van der Waals surface area (Å²) in [7, 11) is 0. The molecule has 0 aromatic carbocycles. The molecule has 0 bridgehead atoms.